The Morgan fingerprint density at radius 1 is 1.17 bits per heavy atom. The topological polar surface area (TPSA) is 58.6 Å². The largest absolute Gasteiger partial charge is 0.487 e. The molecule has 9 heteroatoms. The molecule has 5 nitrogen and oxygen atoms in total. The van der Waals surface area contributed by atoms with Gasteiger partial charge in [-0.25, -0.2) is 0 Å². The van der Waals surface area contributed by atoms with Gasteiger partial charge in [-0.3, -0.25) is 19.8 Å². The van der Waals surface area contributed by atoms with Crippen molar-refractivity contribution in [3.8, 4) is 5.75 Å². The van der Waals surface area contributed by atoms with Crippen molar-refractivity contribution in [3.63, 3.8) is 0 Å². The van der Waals surface area contributed by atoms with Crippen LogP contribution in [0.3, 0.4) is 0 Å². The summed E-state index contributed by atoms with van der Waals surface area (Å²) in [4.78, 5) is 26.8. The summed E-state index contributed by atoms with van der Waals surface area (Å²) in [6.45, 7) is 4.04. The molecule has 1 N–H and O–H groups in total. The van der Waals surface area contributed by atoms with Gasteiger partial charge in [0.15, 0.2) is 5.11 Å². The van der Waals surface area contributed by atoms with E-state index in [4.69, 9.17) is 28.6 Å². The lowest BCUT2D eigenvalue weighted by molar-refractivity contribution is -0.122. The first kappa shape index (κ1) is 22.2. The molecule has 0 radical (unpaired) electrons. The van der Waals surface area contributed by atoms with Crippen molar-refractivity contribution in [1.29, 1.82) is 0 Å². The second kappa shape index (κ2) is 9.54. The van der Waals surface area contributed by atoms with Crippen molar-refractivity contribution in [3.05, 3.63) is 72.4 Å². The van der Waals surface area contributed by atoms with Crippen molar-refractivity contribution < 1.29 is 14.3 Å². The number of carbonyl (C=O) groups is 2. The second-order valence-corrected chi connectivity index (χ2v) is 9.00. The Bertz CT molecular complexity index is 1030. The van der Waals surface area contributed by atoms with Crippen molar-refractivity contribution in [1.82, 2.24) is 5.32 Å². The number of benzene rings is 2. The summed E-state index contributed by atoms with van der Waals surface area (Å²) in [7, 11) is 0. The Balaban J connectivity index is 1.98. The maximum atomic E-state index is 13.1. The zero-order valence-electron chi connectivity index (χ0n) is 14.7. The summed E-state index contributed by atoms with van der Waals surface area (Å²) < 4.78 is 7.38. The number of hydrogen-bond acceptors (Lipinski definition) is 4. The third-order valence-corrected chi connectivity index (χ3v) is 6.00. The maximum Gasteiger partial charge on any atom is 0.270 e. The molecule has 2 aromatic carbocycles. The predicted molar refractivity (Wildman–Crippen MR) is 135 cm³/mol. The van der Waals surface area contributed by atoms with E-state index in [1.165, 1.54) is 4.90 Å². The van der Waals surface area contributed by atoms with E-state index < -0.39 is 11.8 Å². The number of rotatable bonds is 5. The number of carbonyl (C=O) groups excluding carboxylic acids is 2. The zero-order chi connectivity index (χ0) is 21.1. The first-order chi connectivity index (χ1) is 13.8. The van der Waals surface area contributed by atoms with E-state index >= 15 is 0 Å². The van der Waals surface area contributed by atoms with Gasteiger partial charge in [0.25, 0.3) is 11.8 Å². The SMILES string of the molecule is C=CCOc1c(I)cc(/C=C2\C(=O)NC(=S)N(c3ccc(Cl)cc3)C2=O)cc1I. The minimum Gasteiger partial charge on any atom is -0.487 e. The third kappa shape index (κ3) is 4.98. The molecule has 1 aliphatic heterocycles. The number of thiocarbonyl (C=S) groups is 1. The minimum absolute atomic E-state index is 0.0140. The fourth-order valence-electron chi connectivity index (χ4n) is 2.59. The Hall–Kier alpha value is -1.50. The van der Waals surface area contributed by atoms with E-state index in [1.807, 2.05) is 12.1 Å². The van der Waals surface area contributed by atoms with Gasteiger partial charge in [-0.05, 0) is 105 Å². The highest BCUT2D eigenvalue weighted by Crippen LogP contribution is 2.30. The van der Waals surface area contributed by atoms with Crippen molar-refractivity contribution in [2.24, 2.45) is 0 Å². The van der Waals surface area contributed by atoms with E-state index in [9.17, 15) is 9.59 Å². The molecule has 1 fully saturated rings. The molecule has 0 spiro atoms. The highest BCUT2D eigenvalue weighted by Gasteiger charge is 2.34. The Kier molecular flexibility index (Phi) is 7.30. The van der Waals surface area contributed by atoms with Crippen LogP contribution in [0.1, 0.15) is 5.56 Å². The monoisotopic (exact) mass is 650 g/mol. The maximum absolute atomic E-state index is 13.1. The van der Waals surface area contributed by atoms with Crippen molar-refractivity contribution in [2.75, 3.05) is 11.5 Å². The molecular weight excluding hydrogens is 638 g/mol. The third-order valence-electron chi connectivity index (χ3n) is 3.86. The Morgan fingerprint density at radius 3 is 2.38 bits per heavy atom. The number of nitrogens with one attached hydrogen (secondary N) is 1. The lowest BCUT2D eigenvalue weighted by Crippen LogP contribution is -2.54. The van der Waals surface area contributed by atoms with Gasteiger partial charge in [-0.15, -0.1) is 0 Å². The predicted octanol–water partition coefficient (Wildman–Crippen LogP) is 4.95. The molecule has 1 aliphatic rings. The van der Waals surface area contributed by atoms with Crippen LogP contribution in [-0.4, -0.2) is 23.5 Å². The molecule has 0 aromatic heterocycles. The molecule has 2 amide bonds. The van der Waals surface area contributed by atoms with Gasteiger partial charge in [0.2, 0.25) is 0 Å². The van der Waals surface area contributed by atoms with E-state index in [0.29, 0.717) is 22.9 Å². The van der Waals surface area contributed by atoms with Crippen molar-refractivity contribution >= 4 is 97.7 Å². The van der Waals surface area contributed by atoms with Crippen LogP contribution in [0.4, 0.5) is 5.69 Å². The van der Waals surface area contributed by atoms with Crippen LogP contribution in [0, 0.1) is 7.14 Å². The van der Waals surface area contributed by atoms with E-state index in [0.717, 1.165) is 12.9 Å². The van der Waals surface area contributed by atoms with Gasteiger partial charge in [-0.1, -0.05) is 24.3 Å². The minimum atomic E-state index is -0.540. The van der Waals surface area contributed by atoms with Gasteiger partial charge >= 0.3 is 0 Å². The molecule has 148 valence electrons. The molecule has 29 heavy (non-hydrogen) atoms. The molecule has 1 saturated heterocycles. The highest BCUT2D eigenvalue weighted by molar-refractivity contribution is 14.1. The van der Waals surface area contributed by atoms with Crippen LogP contribution in [0.2, 0.25) is 5.02 Å². The molecule has 0 aliphatic carbocycles. The van der Waals surface area contributed by atoms with Crippen LogP contribution in [0.5, 0.6) is 5.75 Å². The number of halogens is 3. The first-order valence-corrected chi connectivity index (χ1v) is 11.2. The van der Waals surface area contributed by atoms with Gasteiger partial charge in [0.05, 0.1) is 12.8 Å². The van der Waals surface area contributed by atoms with Crippen molar-refractivity contribution in [2.45, 2.75) is 0 Å². The molecule has 0 atom stereocenters. The van der Waals surface area contributed by atoms with Gasteiger partial charge < -0.3 is 4.74 Å². The molecule has 3 rings (SSSR count). The lowest BCUT2D eigenvalue weighted by Gasteiger charge is -2.29. The highest BCUT2D eigenvalue weighted by atomic mass is 127. The average Bonchev–Trinajstić information content (AvgIpc) is 2.66. The van der Waals surface area contributed by atoms with E-state index in [-0.39, 0.29) is 10.7 Å². The number of anilines is 1. The average molecular weight is 651 g/mol. The Morgan fingerprint density at radius 2 is 1.79 bits per heavy atom. The van der Waals surface area contributed by atoms with E-state index in [1.54, 1.807) is 36.4 Å². The van der Waals surface area contributed by atoms with Crippen LogP contribution in [0.15, 0.2) is 54.6 Å². The fourth-order valence-corrected chi connectivity index (χ4v) is 5.13. The normalized spacial score (nSPS) is 15.5. The number of amides is 2. The standard InChI is InChI=1S/C20H13ClI2N2O3S/c1-2-7-28-17-15(22)9-11(10-16(17)23)8-14-18(26)24-20(29)25(19(14)27)13-5-3-12(21)4-6-13/h2-6,8-10H,1,7H2,(H,24,26,29)/b14-8+. The quantitative estimate of drug-likeness (QED) is 0.164. The Labute approximate surface area is 205 Å². The number of hydrogen-bond donors (Lipinski definition) is 1. The van der Waals surface area contributed by atoms with Crippen LogP contribution >= 0.6 is 69.0 Å². The van der Waals surface area contributed by atoms with Gasteiger partial charge in [0.1, 0.15) is 17.9 Å². The molecule has 0 saturated carbocycles. The zero-order valence-corrected chi connectivity index (χ0v) is 20.6. The van der Waals surface area contributed by atoms with Gasteiger partial charge in [-0.2, -0.15) is 0 Å². The number of nitrogens with zero attached hydrogens (tertiary/aromatic N) is 1. The van der Waals surface area contributed by atoms with Crippen LogP contribution < -0.4 is 15.0 Å². The van der Waals surface area contributed by atoms with Crippen LogP contribution in [-0.2, 0) is 9.59 Å². The molecule has 0 unspecified atom stereocenters. The smallest absolute Gasteiger partial charge is 0.270 e. The first-order valence-electron chi connectivity index (χ1n) is 8.21. The number of ether oxygens (including phenoxy) is 1. The summed E-state index contributed by atoms with van der Waals surface area (Å²) in [5.74, 6) is -0.308. The molecular formula is C20H13ClI2N2O3S. The molecule has 1 heterocycles. The summed E-state index contributed by atoms with van der Waals surface area (Å²) in [6.07, 6.45) is 3.21. The van der Waals surface area contributed by atoms with Gasteiger partial charge in [0, 0.05) is 5.02 Å². The molecule has 2 aromatic rings. The second-order valence-electron chi connectivity index (χ2n) is 5.85. The summed E-state index contributed by atoms with van der Waals surface area (Å²) >= 11 is 15.4. The summed E-state index contributed by atoms with van der Waals surface area (Å²) in [5, 5.41) is 3.13. The van der Waals surface area contributed by atoms with Crippen LogP contribution in [0.25, 0.3) is 6.08 Å². The summed E-state index contributed by atoms with van der Waals surface area (Å²) in [6, 6.07) is 10.3. The van der Waals surface area contributed by atoms with E-state index in [2.05, 4.69) is 57.1 Å². The summed E-state index contributed by atoms with van der Waals surface area (Å²) in [5.41, 5.74) is 1.21. The molecule has 0 bridgehead atoms. The fraction of sp³-hybridized carbons (Fsp3) is 0.0500. The lowest BCUT2D eigenvalue weighted by atomic mass is 10.1.